The van der Waals surface area contributed by atoms with Crippen molar-refractivity contribution in [3.8, 4) is 0 Å². The molecule has 0 saturated heterocycles. The van der Waals surface area contributed by atoms with Crippen LogP contribution in [0.5, 0.6) is 0 Å². The maximum atomic E-state index is 12.4. The summed E-state index contributed by atoms with van der Waals surface area (Å²) in [5.74, 6) is -1.18. The Bertz CT molecular complexity index is 1070. The highest BCUT2D eigenvalue weighted by Gasteiger charge is 2.22. The van der Waals surface area contributed by atoms with Crippen molar-refractivity contribution in [1.29, 1.82) is 0 Å². The van der Waals surface area contributed by atoms with E-state index in [4.69, 9.17) is 0 Å². The third kappa shape index (κ3) is 5.39. The van der Waals surface area contributed by atoms with E-state index in [-0.39, 0.29) is 22.7 Å². The van der Waals surface area contributed by atoms with Gasteiger partial charge in [0.05, 0.1) is 9.82 Å². The number of hydrogen-bond acceptors (Lipinski definition) is 6. The molecule has 0 aromatic heterocycles. The smallest absolute Gasteiger partial charge is 0.270 e. The fourth-order valence-electron chi connectivity index (χ4n) is 2.54. The normalized spacial score (nSPS) is 12.3. The van der Waals surface area contributed by atoms with Crippen LogP contribution in [0.4, 0.5) is 5.69 Å². The summed E-state index contributed by atoms with van der Waals surface area (Å²) >= 11 is 0. The average Bonchev–Trinajstić information content (AvgIpc) is 2.71. The van der Waals surface area contributed by atoms with Crippen LogP contribution in [0.25, 0.3) is 0 Å². The molecule has 0 aliphatic rings. The minimum Gasteiger partial charge on any atom is -0.350 e. The summed E-state index contributed by atoms with van der Waals surface area (Å²) in [6.45, 7) is 1.39. The predicted molar refractivity (Wildman–Crippen MR) is 109 cm³/mol. The van der Waals surface area contributed by atoms with Gasteiger partial charge in [-0.3, -0.25) is 19.7 Å². The Morgan fingerprint density at radius 3 is 2.43 bits per heavy atom. The van der Waals surface area contributed by atoms with Gasteiger partial charge < -0.3 is 10.6 Å². The molecule has 2 aromatic carbocycles. The lowest BCUT2D eigenvalue weighted by Crippen LogP contribution is -2.44. The fraction of sp³-hybridized carbons (Fsp3) is 0.263. The molecule has 0 saturated carbocycles. The third-order valence-corrected chi connectivity index (χ3v) is 6.16. The zero-order valence-corrected chi connectivity index (χ0v) is 17.5. The number of nitro benzene ring substituents is 1. The number of non-ortho nitro benzene ring substituents is 1. The van der Waals surface area contributed by atoms with Crippen LogP contribution in [0.15, 0.2) is 53.4 Å². The van der Waals surface area contributed by atoms with E-state index >= 15 is 0 Å². The van der Waals surface area contributed by atoms with E-state index in [9.17, 15) is 28.1 Å². The van der Waals surface area contributed by atoms with Crippen molar-refractivity contribution in [3.05, 3.63) is 69.8 Å². The Kier molecular flexibility index (Phi) is 7.24. The Morgan fingerprint density at radius 1 is 1.13 bits per heavy atom. The highest BCUT2D eigenvalue weighted by Crippen LogP contribution is 2.18. The average molecular weight is 434 g/mol. The molecule has 160 valence electrons. The summed E-state index contributed by atoms with van der Waals surface area (Å²) in [7, 11) is -0.859. The molecule has 10 nitrogen and oxygen atoms in total. The highest BCUT2D eigenvalue weighted by molar-refractivity contribution is 7.89. The van der Waals surface area contributed by atoms with E-state index in [1.165, 1.54) is 45.3 Å². The second-order valence-electron chi connectivity index (χ2n) is 6.62. The number of nitrogens with one attached hydrogen (secondary N) is 2. The molecule has 0 bridgehead atoms. The van der Waals surface area contributed by atoms with Crippen LogP contribution in [0.3, 0.4) is 0 Å². The molecular formula is C19H22N4O6S. The van der Waals surface area contributed by atoms with E-state index < -0.39 is 32.8 Å². The molecule has 0 heterocycles. The standard InChI is InChI=1S/C19H22N4O6S/c1-13(21-19(25)14-8-6-9-16(11-14)23(26)27)18(24)20-12-15-7-4-5-10-17(15)30(28,29)22(2)3/h4-11,13H,12H2,1-3H3,(H,20,24)(H,21,25). The van der Waals surface area contributed by atoms with Gasteiger partial charge in [0.25, 0.3) is 11.6 Å². The van der Waals surface area contributed by atoms with Gasteiger partial charge in [0, 0.05) is 38.3 Å². The molecule has 2 N–H and O–H groups in total. The van der Waals surface area contributed by atoms with E-state index in [1.807, 2.05) is 0 Å². The topological polar surface area (TPSA) is 139 Å². The molecule has 0 fully saturated rings. The Morgan fingerprint density at radius 2 is 1.80 bits per heavy atom. The lowest BCUT2D eigenvalue weighted by Gasteiger charge is -2.17. The third-order valence-electron chi connectivity index (χ3n) is 4.24. The number of nitrogens with zero attached hydrogens (tertiary/aromatic N) is 2. The van der Waals surface area contributed by atoms with Gasteiger partial charge in [-0.2, -0.15) is 0 Å². The summed E-state index contributed by atoms with van der Waals surface area (Å²) in [6, 6.07) is 10.5. The largest absolute Gasteiger partial charge is 0.350 e. The first-order valence-corrected chi connectivity index (χ1v) is 10.3. The second-order valence-corrected chi connectivity index (χ2v) is 8.74. The number of carbonyl (C=O) groups excluding carboxylic acids is 2. The highest BCUT2D eigenvalue weighted by atomic mass is 32.2. The summed E-state index contributed by atoms with van der Waals surface area (Å²) in [5.41, 5.74) is 0.210. The van der Waals surface area contributed by atoms with Crippen LogP contribution >= 0.6 is 0 Å². The Balaban J connectivity index is 2.05. The first kappa shape index (κ1) is 23.0. The molecule has 2 aromatic rings. The molecule has 2 rings (SSSR count). The summed E-state index contributed by atoms with van der Waals surface area (Å²) in [4.78, 5) is 34.9. The van der Waals surface area contributed by atoms with Gasteiger partial charge in [0.2, 0.25) is 15.9 Å². The van der Waals surface area contributed by atoms with Crippen LogP contribution < -0.4 is 10.6 Å². The molecule has 30 heavy (non-hydrogen) atoms. The van der Waals surface area contributed by atoms with Gasteiger partial charge in [-0.15, -0.1) is 0 Å². The summed E-state index contributed by atoms with van der Waals surface area (Å²) < 4.78 is 25.9. The van der Waals surface area contributed by atoms with Crippen molar-refractivity contribution in [2.75, 3.05) is 14.1 Å². The van der Waals surface area contributed by atoms with Crippen molar-refractivity contribution < 1.29 is 22.9 Å². The van der Waals surface area contributed by atoms with Gasteiger partial charge in [0.15, 0.2) is 0 Å². The number of benzene rings is 2. The number of carbonyl (C=O) groups is 2. The maximum absolute atomic E-state index is 12.4. The van der Waals surface area contributed by atoms with Crippen molar-refractivity contribution >= 4 is 27.5 Å². The van der Waals surface area contributed by atoms with Crippen LogP contribution in [0.2, 0.25) is 0 Å². The first-order chi connectivity index (χ1) is 14.0. The lowest BCUT2D eigenvalue weighted by molar-refractivity contribution is -0.384. The number of hydrogen-bond donors (Lipinski definition) is 2. The van der Waals surface area contributed by atoms with E-state index in [2.05, 4.69) is 10.6 Å². The van der Waals surface area contributed by atoms with E-state index in [0.29, 0.717) is 5.56 Å². The zero-order chi connectivity index (χ0) is 22.5. The molecule has 0 aliphatic heterocycles. The molecule has 1 unspecified atom stereocenters. The van der Waals surface area contributed by atoms with E-state index in [0.717, 1.165) is 10.4 Å². The van der Waals surface area contributed by atoms with Gasteiger partial charge in [0.1, 0.15) is 6.04 Å². The van der Waals surface area contributed by atoms with E-state index in [1.54, 1.807) is 18.2 Å². The number of nitro groups is 1. The molecular weight excluding hydrogens is 412 g/mol. The summed E-state index contributed by atoms with van der Waals surface area (Å²) in [6.07, 6.45) is 0. The number of sulfonamides is 1. The summed E-state index contributed by atoms with van der Waals surface area (Å²) in [5, 5.41) is 15.9. The predicted octanol–water partition coefficient (Wildman–Crippen LogP) is 1.28. The van der Waals surface area contributed by atoms with Crippen molar-refractivity contribution in [2.24, 2.45) is 0 Å². The number of rotatable bonds is 8. The van der Waals surface area contributed by atoms with Crippen LogP contribution in [0.1, 0.15) is 22.8 Å². The van der Waals surface area contributed by atoms with Crippen molar-refractivity contribution in [1.82, 2.24) is 14.9 Å². The zero-order valence-electron chi connectivity index (χ0n) is 16.7. The van der Waals surface area contributed by atoms with Crippen LogP contribution in [-0.2, 0) is 21.4 Å². The van der Waals surface area contributed by atoms with Crippen LogP contribution in [0, 0.1) is 10.1 Å². The van der Waals surface area contributed by atoms with Gasteiger partial charge in [-0.25, -0.2) is 12.7 Å². The minimum absolute atomic E-state index is 0.0475. The van der Waals surface area contributed by atoms with Crippen molar-refractivity contribution in [2.45, 2.75) is 24.4 Å². The molecule has 2 amide bonds. The fourth-order valence-corrected chi connectivity index (χ4v) is 3.66. The lowest BCUT2D eigenvalue weighted by atomic mass is 10.1. The molecule has 0 aliphatic carbocycles. The quantitative estimate of drug-likeness (QED) is 0.474. The number of amides is 2. The molecule has 1 atom stereocenters. The molecule has 0 radical (unpaired) electrons. The van der Waals surface area contributed by atoms with Gasteiger partial charge >= 0.3 is 0 Å². The molecule has 0 spiro atoms. The van der Waals surface area contributed by atoms with Gasteiger partial charge in [-0.05, 0) is 24.6 Å². The van der Waals surface area contributed by atoms with Crippen LogP contribution in [-0.4, -0.2) is 49.6 Å². The molecule has 11 heteroatoms. The Hall–Kier alpha value is -3.31. The second kappa shape index (κ2) is 9.46. The monoisotopic (exact) mass is 434 g/mol. The Labute approximate surface area is 174 Å². The SMILES string of the molecule is CC(NC(=O)c1cccc([N+](=O)[O-])c1)C(=O)NCc1ccccc1S(=O)(=O)N(C)C. The maximum Gasteiger partial charge on any atom is 0.270 e. The minimum atomic E-state index is -3.68. The first-order valence-electron chi connectivity index (χ1n) is 8.87. The van der Waals surface area contributed by atoms with Gasteiger partial charge in [-0.1, -0.05) is 24.3 Å². The van der Waals surface area contributed by atoms with Crippen molar-refractivity contribution in [3.63, 3.8) is 0 Å².